The van der Waals surface area contributed by atoms with E-state index in [-0.39, 0.29) is 6.04 Å². The Hall–Kier alpha value is -1.06. The molecule has 0 aliphatic rings. The third kappa shape index (κ3) is 6.49. The van der Waals surface area contributed by atoms with Gasteiger partial charge in [-0.15, -0.1) is 0 Å². The summed E-state index contributed by atoms with van der Waals surface area (Å²) in [6, 6.07) is 8.53. The van der Waals surface area contributed by atoms with Crippen molar-refractivity contribution in [2.75, 3.05) is 6.61 Å². The summed E-state index contributed by atoms with van der Waals surface area (Å²) < 4.78 is 5.72. The van der Waals surface area contributed by atoms with Gasteiger partial charge in [-0.1, -0.05) is 58.6 Å². The SMILES string of the molecule is CCCCC(CC)CC(NN)c1cccc(OCCC)c1. The second-order valence-corrected chi connectivity index (χ2v) is 5.79. The maximum atomic E-state index is 5.80. The fraction of sp³-hybridized carbons (Fsp3) is 0.667. The van der Waals surface area contributed by atoms with E-state index in [9.17, 15) is 0 Å². The maximum Gasteiger partial charge on any atom is 0.119 e. The van der Waals surface area contributed by atoms with Crippen LogP contribution in [-0.2, 0) is 0 Å². The highest BCUT2D eigenvalue weighted by Crippen LogP contribution is 2.28. The van der Waals surface area contributed by atoms with Gasteiger partial charge in [-0.25, -0.2) is 0 Å². The van der Waals surface area contributed by atoms with Gasteiger partial charge in [0.2, 0.25) is 0 Å². The van der Waals surface area contributed by atoms with E-state index in [2.05, 4.69) is 44.4 Å². The van der Waals surface area contributed by atoms with E-state index < -0.39 is 0 Å². The zero-order valence-corrected chi connectivity index (χ0v) is 13.9. The fourth-order valence-corrected chi connectivity index (χ4v) is 2.66. The first-order chi connectivity index (χ1) is 10.2. The summed E-state index contributed by atoms with van der Waals surface area (Å²) in [5.74, 6) is 7.46. The molecule has 0 aliphatic carbocycles. The molecule has 0 saturated heterocycles. The van der Waals surface area contributed by atoms with E-state index >= 15 is 0 Å². The zero-order valence-electron chi connectivity index (χ0n) is 13.9. The molecule has 2 atom stereocenters. The average Bonchev–Trinajstić information content (AvgIpc) is 2.53. The Balaban J connectivity index is 2.69. The van der Waals surface area contributed by atoms with Crippen LogP contribution in [-0.4, -0.2) is 6.61 Å². The van der Waals surface area contributed by atoms with Gasteiger partial charge in [0.1, 0.15) is 5.75 Å². The molecule has 120 valence electrons. The standard InChI is InChI=1S/C18H32N2O/c1-4-7-9-15(6-3)13-18(20-19)16-10-8-11-17(14-16)21-12-5-2/h8,10-11,14-15,18,20H,4-7,9,12-13,19H2,1-3H3. The number of nitrogens with two attached hydrogens (primary N) is 1. The molecule has 0 amide bonds. The Morgan fingerprint density at radius 1 is 1.19 bits per heavy atom. The van der Waals surface area contributed by atoms with Crippen LogP contribution in [0, 0.1) is 5.92 Å². The van der Waals surface area contributed by atoms with Crippen LogP contribution in [0.3, 0.4) is 0 Å². The highest BCUT2D eigenvalue weighted by atomic mass is 16.5. The van der Waals surface area contributed by atoms with Gasteiger partial charge in [-0.2, -0.15) is 0 Å². The Bertz CT molecular complexity index is 381. The number of nitrogens with one attached hydrogen (secondary N) is 1. The highest BCUT2D eigenvalue weighted by Gasteiger charge is 2.16. The van der Waals surface area contributed by atoms with Crippen LogP contribution in [0.15, 0.2) is 24.3 Å². The van der Waals surface area contributed by atoms with Gasteiger partial charge in [0.05, 0.1) is 6.61 Å². The molecule has 1 aromatic carbocycles. The number of benzene rings is 1. The number of hydrazine groups is 1. The molecule has 2 unspecified atom stereocenters. The maximum absolute atomic E-state index is 5.80. The van der Waals surface area contributed by atoms with Crippen molar-refractivity contribution >= 4 is 0 Å². The number of ether oxygens (including phenoxy) is 1. The molecule has 0 heterocycles. The first-order valence-corrected chi connectivity index (χ1v) is 8.43. The van der Waals surface area contributed by atoms with E-state index in [4.69, 9.17) is 10.6 Å². The van der Waals surface area contributed by atoms with Crippen molar-refractivity contribution < 1.29 is 4.74 Å². The lowest BCUT2D eigenvalue weighted by atomic mass is 9.89. The molecule has 3 N–H and O–H groups in total. The molecule has 3 heteroatoms. The van der Waals surface area contributed by atoms with Crippen molar-refractivity contribution in [1.29, 1.82) is 0 Å². The van der Waals surface area contributed by atoms with Crippen LogP contribution in [0.4, 0.5) is 0 Å². The summed E-state index contributed by atoms with van der Waals surface area (Å²) >= 11 is 0. The Morgan fingerprint density at radius 2 is 2.00 bits per heavy atom. The Labute approximate surface area is 130 Å². The van der Waals surface area contributed by atoms with Gasteiger partial charge < -0.3 is 4.74 Å². The van der Waals surface area contributed by atoms with Gasteiger partial charge >= 0.3 is 0 Å². The summed E-state index contributed by atoms with van der Waals surface area (Å²) in [5.41, 5.74) is 4.21. The van der Waals surface area contributed by atoms with Gasteiger partial charge in [0, 0.05) is 6.04 Å². The largest absolute Gasteiger partial charge is 0.494 e. The number of rotatable bonds is 11. The molecule has 0 aromatic heterocycles. The molecular weight excluding hydrogens is 260 g/mol. The van der Waals surface area contributed by atoms with E-state index in [1.165, 1.54) is 31.2 Å². The van der Waals surface area contributed by atoms with Gasteiger partial charge in [0.15, 0.2) is 0 Å². The normalized spacial score (nSPS) is 13.9. The number of hydrogen-bond acceptors (Lipinski definition) is 3. The van der Waals surface area contributed by atoms with Crippen LogP contribution in [0.2, 0.25) is 0 Å². The van der Waals surface area contributed by atoms with Crippen molar-refractivity contribution in [3.8, 4) is 5.75 Å². The van der Waals surface area contributed by atoms with Crippen molar-refractivity contribution in [3.63, 3.8) is 0 Å². The lowest BCUT2D eigenvalue weighted by molar-refractivity contribution is 0.315. The first kappa shape index (κ1) is 18.0. The monoisotopic (exact) mass is 292 g/mol. The van der Waals surface area contributed by atoms with Crippen LogP contribution in [0.25, 0.3) is 0 Å². The zero-order chi connectivity index (χ0) is 15.5. The van der Waals surface area contributed by atoms with Gasteiger partial charge in [-0.3, -0.25) is 11.3 Å². The second-order valence-electron chi connectivity index (χ2n) is 5.79. The lowest BCUT2D eigenvalue weighted by Crippen LogP contribution is -2.29. The van der Waals surface area contributed by atoms with Crippen molar-refractivity contribution in [2.45, 2.75) is 65.3 Å². The molecule has 0 radical (unpaired) electrons. The van der Waals surface area contributed by atoms with Crippen LogP contribution in [0.5, 0.6) is 5.75 Å². The summed E-state index contributed by atoms with van der Waals surface area (Å²) in [6.07, 6.45) is 7.18. The minimum Gasteiger partial charge on any atom is -0.494 e. The van der Waals surface area contributed by atoms with E-state index in [1.807, 2.05) is 6.07 Å². The molecule has 1 aromatic rings. The topological polar surface area (TPSA) is 47.3 Å². The summed E-state index contributed by atoms with van der Waals surface area (Å²) in [4.78, 5) is 0. The van der Waals surface area contributed by atoms with E-state index in [0.29, 0.717) is 0 Å². The third-order valence-corrected chi connectivity index (χ3v) is 4.05. The second kappa shape index (κ2) is 10.6. The van der Waals surface area contributed by atoms with Gasteiger partial charge in [0.25, 0.3) is 0 Å². The quantitative estimate of drug-likeness (QED) is 0.463. The van der Waals surface area contributed by atoms with Crippen molar-refractivity contribution in [2.24, 2.45) is 11.8 Å². The molecule has 0 spiro atoms. The smallest absolute Gasteiger partial charge is 0.119 e. The van der Waals surface area contributed by atoms with Gasteiger partial charge in [-0.05, 0) is 36.5 Å². The molecular formula is C18H32N2O. The molecule has 0 aliphatic heterocycles. The minimum atomic E-state index is 0.206. The molecule has 0 saturated carbocycles. The van der Waals surface area contributed by atoms with Crippen molar-refractivity contribution in [1.82, 2.24) is 5.43 Å². The first-order valence-electron chi connectivity index (χ1n) is 8.43. The lowest BCUT2D eigenvalue weighted by Gasteiger charge is -2.23. The molecule has 0 bridgehead atoms. The minimum absolute atomic E-state index is 0.206. The predicted octanol–water partition coefficient (Wildman–Crippen LogP) is 4.59. The third-order valence-electron chi connectivity index (χ3n) is 4.05. The predicted molar refractivity (Wildman–Crippen MR) is 90.2 cm³/mol. The molecule has 1 rings (SSSR count). The Kier molecular flexibility index (Phi) is 9.11. The molecule has 21 heavy (non-hydrogen) atoms. The van der Waals surface area contributed by atoms with Crippen LogP contribution in [0.1, 0.15) is 70.9 Å². The molecule has 3 nitrogen and oxygen atoms in total. The summed E-state index contributed by atoms with van der Waals surface area (Å²) in [5, 5.41) is 0. The van der Waals surface area contributed by atoms with E-state index in [1.54, 1.807) is 0 Å². The number of hydrogen-bond donors (Lipinski definition) is 2. The fourth-order valence-electron chi connectivity index (χ4n) is 2.66. The number of unbranched alkanes of at least 4 members (excludes halogenated alkanes) is 1. The summed E-state index contributed by atoms with van der Waals surface area (Å²) in [7, 11) is 0. The highest BCUT2D eigenvalue weighted by molar-refractivity contribution is 5.30. The Morgan fingerprint density at radius 3 is 2.62 bits per heavy atom. The molecule has 0 fully saturated rings. The average molecular weight is 292 g/mol. The van der Waals surface area contributed by atoms with Crippen LogP contribution < -0.4 is 16.0 Å². The van der Waals surface area contributed by atoms with E-state index in [0.717, 1.165) is 31.1 Å². The van der Waals surface area contributed by atoms with Crippen molar-refractivity contribution in [3.05, 3.63) is 29.8 Å². The summed E-state index contributed by atoms with van der Waals surface area (Å²) in [6.45, 7) is 7.40. The van der Waals surface area contributed by atoms with Crippen LogP contribution >= 0.6 is 0 Å².